The quantitative estimate of drug-likeness (QED) is 0.704. The molecule has 26 heavy (non-hydrogen) atoms. The number of nitrogens with one attached hydrogen (secondary N) is 1. The van der Waals surface area contributed by atoms with Gasteiger partial charge in [-0.15, -0.1) is 0 Å². The van der Waals surface area contributed by atoms with Gasteiger partial charge in [0.2, 0.25) is 0 Å². The topological polar surface area (TPSA) is 72.5 Å². The number of esters is 1. The van der Waals surface area contributed by atoms with Crippen molar-refractivity contribution < 1.29 is 26.7 Å². The van der Waals surface area contributed by atoms with Crippen LogP contribution in [0.3, 0.4) is 0 Å². The molecule has 1 N–H and O–H groups in total. The molecule has 0 atom stereocenters. The third-order valence-electron chi connectivity index (χ3n) is 3.74. The molecule has 0 aromatic heterocycles. The average molecular weight is 377 g/mol. The van der Waals surface area contributed by atoms with Gasteiger partial charge in [-0.05, 0) is 29.0 Å². The molecule has 134 valence electrons. The maximum absolute atomic E-state index is 14.0. The number of methoxy groups -OCH3 is 1. The van der Waals surface area contributed by atoms with Gasteiger partial charge in [0.25, 0.3) is 10.0 Å². The van der Waals surface area contributed by atoms with Crippen LogP contribution in [0.1, 0.15) is 10.4 Å². The van der Waals surface area contributed by atoms with Crippen molar-refractivity contribution in [3.05, 3.63) is 71.8 Å². The molecule has 0 amide bonds. The highest BCUT2D eigenvalue weighted by atomic mass is 32.2. The Kier molecular flexibility index (Phi) is 4.60. The Morgan fingerprint density at radius 3 is 2.35 bits per heavy atom. The summed E-state index contributed by atoms with van der Waals surface area (Å²) in [4.78, 5) is 11.4. The molecular formula is C18H13F2NO4S. The van der Waals surface area contributed by atoms with Crippen LogP contribution in [0, 0.1) is 11.6 Å². The second-order valence-corrected chi connectivity index (χ2v) is 7.10. The van der Waals surface area contributed by atoms with E-state index < -0.39 is 38.9 Å². The minimum atomic E-state index is -4.15. The summed E-state index contributed by atoms with van der Waals surface area (Å²) in [5.41, 5.74) is -1.13. The zero-order chi connectivity index (χ0) is 18.9. The highest BCUT2D eigenvalue weighted by Gasteiger charge is 2.21. The van der Waals surface area contributed by atoms with Gasteiger partial charge >= 0.3 is 5.97 Å². The molecule has 0 saturated carbocycles. The third kappa shape index (κ3) is 3.36. The molecule has 0 saturated heterocycles. The molecule has 0 aliphatic carbocycles. The van der Waals surface area contributed by atoms with Gasteiger partial charge in [0, 0.05) is 6.07 Å². The first-order chi connectivity index (χ1) is 12.3. The van der Waals surface area contributed by atoms with Crippen molar-refractivity contribution >= 4 is 32.5 Å². The van der Waals surface area contributed by atoms with Gasteiger partial charge < -0.3 is 4.74 Å². The van der Waals surface area contributed by atoms with Crippen molar-refractivity contribution in [2.45, 2.75) is 4.90 Å². The zero-order valence-corrected chi connectivity index (χ0v) is 14.3. The summed E-state index contributed by atoms with van der Waals surface area (Å²) in [5, 5.41) is 1.53. The molecule has 0 fully saturated rings. The van der Waals surface area contributed by atoms with E-state index in [2.05, 4.69) is 4.74 Å². The van der Waals surface area contributed by atoms with E-state index in [1.807, 2.05) is 16.9 Å². The molecule has 0 spiro atoms. The lowest BCUT2D eigenvalue weighted by molar-refractivity contribution is 0.0595. The normalized spacial score (nSPS) is 11.3. The summed E-state index contributed by atoms with van der Waals surface area (Å²) < 4.78 is 59.2. The van der Waals surface area contributed by atoms with Gasteiger partial charge in [0.15, 0.2) is 0 Å². The number of sulfonamides is 1. The lowest BCUT2D eigenvalue weighted by Gasteiger charge is -2.11. The number of benzene rings is 3. The predicted octanol–water partition coefficient (Wildman–Crippen LogP) is 3.71. The number of halogens is 2. The molecule has 0 aliphatic rings. The maximum Gasteiger partial charge on any atom is 0.340 e. The molecule has 3 aromatic rings. The minimum Gasteiger partial charge on any atom is -0.465 e. The van der Waals surface area contributed by atoms with Gasteiger partial charge in [-0.3, -0.25) is 4.72 Å². The molecule has 8 heteroatoms. The van der Waals surface area contributed by atoms with E-state index >= 15 is 0 Å². The van der Waals surface area contributed by atoms with Crippen LogP contribution >= 0.6 is 0 Å². The first kappa shape index (κ1) is 17.8. The number of rotatable bonds is 4. The number of carbonyl (C=O) groups is 1. The van der Waals surface area contributed by atoms with Crippen LogP contribution in [0.2, 0.25) is 0 Å². The average Bonchev–Trinajstić information content (AvgIpc) is 2.62. The van der Waals surface area contributed by atoms with Crippen LogP contribution in [0.25, 0.3) is 10.8 Å². The number of ether oxygens (including phenoxy) is 1. The van der Waals surface area contributed by atoms with E-state index in [4.69, 9.17) is 0 Å². The van der Waals surface area contributed by atoms with Crippen LogP contribution < -0.4 is 4.72 Å². The van der Waals surface area contributed by atoms with Crippen molar-refractivity contribution in [3.63, 3.8) is 0 Å². The van der Waals surface area contributed by atoms with Crippen molar-refractivity contribution in [1.82, 2.24) is 0 Å². The fraction of sp³-hybridized carbons (Fsp3) is 0.0556. The Labute approximate surface area is 148 Å². The summed E-state index contributed by atoms with van der Waals surface area (Å²) >= 11 is 0. The van der Waals surface area contributed by atoms with Crippen molar-refractivity contribution in [2.24, 2.45) is 0 Å². The lowest BCUT2D eigenvalue weighted by atomic mass is 10.1. The molecule has 0 bridgehead atoms. The van der Waals surface area contributed by atoms with Gasteiger partial charge in [-0.25, -0.2) is 22.0 Å². The summed E-state index contributed by atoms with van der Waals surface area (Å²) in [6.45, 7) is 0. The lowest BCUT2D eigenvalue weighted by Crippen LogP contribution is -2.15. The fourth-order valence-corrected chi connectivity index (χ4v) is 3.52. The van der Waals surface area contributed by atoms with Crippen molar-refractivity contribution in [2.75, 3.05) is 11.8 Å². The van der Waals surface area contributed by atoms with E-state index in [0.29, 0.717) is 11.5 Å². The smallest absolute Gasteiger partial charge is 0.340 e. The number of hydrogen-bond donors (Lipinski definition) is 1. The first-order valence-electron chi connectivity index (χ1n) is 7.41. The van der Waals surface area contributed by atoms with Crippen molar-refractivity contribution in [3.8, 4) is 0 Å². The Hall–Kier alpha value is -3.00. The molecule has 0 unspecified atom stereocenters. The minimum absolute atomic E-state index is 0.0976. The summed E-state index contributed by atoms with van der Waals surface area (Å²) in [5.74, 6) is -3.35. The summed E-state index contributed by atoms with van der Waals surface area (Å²) in [7, 11) is -3.12. The van der Waals surface area contributed by atoms with E-state index in [0.717, 1.165) is 18.6 Å². The molecular weight excluding hydrogens is 364 g/mol. The van der Waals surface area contributed by atoms with Gasteiger partial charge in [-0.2, -0.15) is 0 Å². The highest BCUT2D eigenvalue weighted by Crippen LogP contribution is 2.25. The summed E-state index contributed by atoms with van der Waals surface area (Å²) in [6.07, 6.45) is 0. The number of hydrogen-bond acceptors (Lipinski definition) is 4. The largest absolute Gasteiger partial charge is 0.465 e. The molecule has 3 aromatic carbocycles. The van der Waals surface area contributed by atoms with Crippen LogP contribution in [0.15, 0.2) is 59.5 Å². The molecule has 5 nitrogen and oxygen atoms in total. The number of carbonyl (C=O) groups excluding carboxylic acids is 1. The van der Waals surface area contributed by atoms with E-state index in [9.17, 15) is 22.0 Å². The molecule has 3 rings (SSSR count). The maximum atomic E-state index is 14.0. The molecule has 0 heterocycles. The van der Waals surface area contributed by atoms with E-state index in [1.165, 1.54) is 12.1 Å². The van der Waals surface area contributed by atoms with E-state index in [1.54, 1.807) is 18.2 Å². The van der Waals surface area contributed by atoms with Crippen molar-refractivity contribution in [1.29, 1.82) is 0 Å². The van der Waals surface area contributed by atoms with Gasteiger partial charge in [0.1, 0.15) is 11.6 Å². The second kappa shape index (κ2) is 6.72. The highest BCUT2D eigenvalue weighted by molar-refractivity contribution is 7.92. The van der Waals surface area contributed by atoms with E-state index in [-0.39, 0.29) is 4.90 Å². The number of anilines is 1. The Bertz CT molecular complexity index is 1110. The standard InChI is InChI=1S/C18H13F2NO4S/c1-25-18(22)14-9-17(16(20)10-15(14)19)21-26(23,24)13-7-6-11-4-2-3-5-12(11)8-13/h2-10,21H,1H3. The SMILES string of the molecule is COC(=O)c1cc(NS(=O)(=O)c2ccc3ccccc3c2)c(F)cc1F. The Morgan fingerprint density at radius 2 is 1.65 bits per heavy atom. The first-order valence-corrected chi connectivity index (χ1v) is 8.89. The van der Waals surface area contributed by atoms with Crippen LogP contribution in [0.4, 0.5) is 14.5 Å². The Balaban J connectivity index is 2.02. The third-order valence-corrected chi connectivity index (χ3v) is 5.10. The van der Waals surface area contributed by atoms with Crippen LogP contribution in [0.5, 0.6) is 0 Å². The van der Waals surface area contributed by atoms with Crippen LogP contribution in [-0.2, 0) is 14.8 Å². The van der Waals surface area contributed by atoms with Gasteiger partial charge in [-0.1, -0.05) is 30.3 Å². The number of fused-ring (bicyclic) bond motifs is 1. The molecule has 0 aliphatic heterocycles. The van der Waals surface area contributed by atoms with Crippen LogP contribution in [-0.4, -0.2) is 21.5 Å². The van der Waals surface area contributed by atoms with Gasteiger partial charge in [0.05, 0.1) is 23.3 Å². The Morgan fingerprint density at radius 1 is 0.962 bits per heavy atom. The predicted molar refractivity (Wildman–Crippen MR) is 92.5 cm³/mol. The fourth-order valence-electron chi connectivity index (χ4n) is 2.43. The monoisotopic (exact) mass is 377 g/mol. The second-order valence-electron chi connectivity index (χ2n) is 5.42. The molecule has 0 radical (unpaired) electrons. The summed E-state index contributed by atoms with van der Waals surface area (Å²) in [6, 6.07) is 12.7. The zero-order valence-electron chi connectivity index (χ0n) is 13.5.